The molecule has 3 heterocycles. The van der Waals surface area contributed by atoms with Gasteiger partial charge in [-0.1, -0.05) is 0 Å². The number of nitrogens with one attached hydrogen (secondary N) is 1. The Hall–Kier alpha value is -0.170. The van der Waals surface area contributed by atoms with Crippen LogP contribution in [0, 0.1) is 0 Å². The number of piperidine rings is 1. The molecule has 2 unspecified atom stereocenters. The molecular weight excluding hydrogens is 274 g/mol. The van der Waals surface area contributed by atoms with E-state index in [2.05, 4.69) is 10.2 Å². The summed E-state index contributed by atoms with van der Waals surface area (Å²) in [6.07, 6.45) is 5.86. The van der Waals surface area contributed by atoms with Gasteiger partial charge in [0.1, 0.15) is 0 Å². The highest BCUT2D eigenvalue weighted by molar-refractivity contribution is 7.89. The minimum absolute atomic E-state index is 0.227. The molecule has 3 saturated heterocycles. The summed E-state index contributed by atoms with van der Waals surface area (Å²) in [5.74, 6) is 0.227. The van der Waals surface area contributed by atoms with E-state index in [1.54, 1.807) is 11.2 Å². The molecule has 0 aliphatic carbocycles. The first-order chi connectivity index (χ1) is 9.60. The van der Waals surface area contributed by atoms with Crippen LogP contribution in [0.3, 0.4) is 0 Å². The van der Waals surface area contributed by atoms with Crippen LogP contribution in [0.4, 0.5) is 0 Å². The maximum Gasteiger partial charge on any atom is 0.213 e. The lowest BCUT2D eigenvalue weighted by atomic mass is 10.0. The lowest BCUT2D eigenvalue weighted by Crippen LogP contribution is -2.50. The van der Waals surface area contributed by atoms with Gasteiger partial charge in [-0.15, -0.1) is 0 Å². The predicted molar refractivity (Wildman–Crippen MR) is 80.2 cm³/mol. The zero-order chi connectivity index (χ0) is 14.2. The lowest BCUT2D eigenvalue weighted by Gasteiger charge is -2.34. The minimum Gasteiger partial charge on any atom is -0.310 e. The van der Waals surface area contributed by atoms with Crippen LogP contribution in [-0.4, -0.2) is 67.7 Å². The molecule has 6 heteroatoms. The van der Waals surface area contributed by atoms with E-state index in [-0.39, 0.29) is 5.75 Å². The van der Waals surface area contributed by atoms with Crippen molar-refractivity contribution in [2.24, 2.45) is 0 Å². The van der Waals surface area contributed by atoms with Crippen LogP contribution >= 0.6 is 0 Å². The van der Waals surface area contributed by atoms with Crippen LogP contribution in [0.2, 0.25) is 0 Å². The van der Waals surface area contributed by atoms with Crippen molar-refractivity contribution < 1.29 is 8.42 Å². The SMILES string of the molecule is CCS(=O)(=O)N1CCC(NC2CCN3CCCC23)CC1. The second kappa shape index (κ2) is 5.91. The molecule has 3 fully saturated rings. The molecule has 20 heavy (non-hydrogen) atoms. The molecule has 0 aromatic rings. The predicted octanol–water partition coefficient (Wildman–Crippen LogP) is 0.627. The molecular formula is C14H27N3O2S. The van der Waals surface area contributed by atoms with Crippen LogP contribution in [0.1, 0.15) is 39.0 Å². The van der Waals surface area contributed by atoms with Gasteiger partial charge in [-0.25, -0.2) is 12.7 Å². The zero-order valence-electron chi connectivity index (χ0n) is 12.4. The van der Waals surface area contributed by atoms with Gasteiger partial charge in [-0.2, -0.15) is 0 Å². The normalized spacial score (nSPS) is 33.6. The summed E-state index contributed by atoms with van der Waals surface area (Å²) < 4.78 is 25.4. The average molecular weight is 301 g/mol. The third kappa shape index (κ3) is 2.89. The van der Waals surface area contributed by atoms with Crippen molar-refractivity contribution in [1.82, 2.24) is 14.5 Å². The van der Waals surface area contributed by atoms with Gasteiger partial charge in [0, 0.05) is 37.8 Å². The highest BCUT2D eigenvalue weighted by Gasteiger charge is 2.38. The summed E-state index contributed by atoms with van der Waals surface area (Å²) in [6.45, 7) is 5.62. The van der Waals surface area contributed by atoms with Crippen LogP contribution in [-0.2, 0) is 10.0 Å². The topological polar surface area (TPSA) is 52.7 Å². The molecule has 0 bridgehead atoms. The van der Waals surface area contributed by atoms with E-state index in [0.29, 0.717) is 25.2 Å². The van der Waals surface area contributed by atoms with Crippen molar-refractivity contribution in [2.45, 2.75) is 57.2 Å². The number of hydrogen-bond donors (Lipinski definition) is 1. The molecule has 5 nitrogen and oxygen atoms in total. The Labute approximate surface area is 122 Å². The van der Waals surface area contributed by atoms with Crippen molar-refractivity contribution in [3.63, 3.8) is 0 Å². The van der Waals surface area contributed by atoms with Crippen LogP contribution in [0.15, 0.2) is 0 Å². The Kier molecular flexibility index (Phi) is 4.36. The average Bonchev–Trinajstić information content (AvgIpc) is 3.04. The standard InChI is InChI=1S/C14H27N3O2S/c1-2-20(18,19)17-10-5-12(6-11-17)15-13-7-9-16-8-3-4-14(13)16/h12-15H,2-11H2,1H3. The summed E-state index contributed by atoms with van der Waals surface area (Å²) in [7, 11) is -2.99. The number of nitrogens with zero attached hydrogens (tertiary/aromatic N) is 2. The van der Waals surface area contributed by atoms with Gasteiger partial charge in [0.15, 0.2) is 0 Å². The van der Waals surface area contributed by atoms with Gasteiger partial charge < -0.3 is 5.32 Å². The van der Waals surface area contributed by atoms with Crippen molar-refractivity contribution in [2.75, 3.05) is 31.9 Å². The molecule has 0 amide bonds. The fourth-order valence-corrected chi connectivity index (χ4v) is 5.20. The van der Waals surface area contributed by atoms with E-state index in [4.69, 9.17) is 0 Å². The Morgan fingerprint density at radius 3 is 2.50 bits per heavy atom. The lowest BCUT2D eigenvalue weighted by molar-refractivity contribution is 0.246. The monoisotopic (exact) mass is 301 g/mol. The molecule has 0 saturated carbocycles. The second-order valence-corrected chi connectivity index (χ2v) is 8.64. The number of fused-ring (bicyclic) bond motifs is 1. The largest absolute Gasteiger partial charge is 0.310 e. The molecule has 0 radical (unpaired) electrons. The van der Waals surface area contributed by atoms with Gasteiger partial charge in [-0.05, 0) is 45.6 Å². The molecule has 2 atom stereocenters. The van der Waals surface area contributed by atoms with Crippen molar-refractivity contribution in [3.8, 4) is 0 Å². The molecule has 3 rings (SSSR count). The maximum absolute atomic E-state index is 11.9. The van der Waals surface area contributed by atoms with Gasteiger partial charge in [0.2, 0.25) is 10.0 Å². The van der Waals surface area contributed by atoms with Gasteiger partial charge >= 0.3 is 0 Å². The van der Waals surface area contributed by atoms with Gasteiger partial charge in [0.25, 0.3) is 0 Å². The maximum atomic E-state index is 11.9. The Morgan fingerprint density at radius 2 is 1.80 bits per heavy atom. The number of hydrogen-bond acceptors (Lipinski definition) is 4. The molecule has 0 aromatic carbocycles. The third-order valence-corrected chi connectivity index (χ3v) is 7.15. The summed E-state index contributed by atoms with van der Waals surface area (Å²) in [5, 5.41) is 3.82. The zero-order valence-corrected chi connectivity index (χ0v) is 13.2. The summed E-state index contributed by atoms with van der Waals surface area (Å²) in [5.41, 5.74) is 0. The van der Waals surface area contributed by atoms with E-state index >= 15 is 0 Å². The molecule has 116 valence electrons. The first-order valence-electron chi connectivity index (χ1n) is 8.08. The quantitative estimate of drug-likeness (QED) is 0.827. The molecule has 0 aromatic heterocycles. The number of rotatable bonds is 4. The fourth-order valence-electron chi connectivity index (χ4n) is 4.06. The van der Waals surface area contributed by atoms with Crippen molar-refractivity contribution >= 4 is 10.0 Å². The Balaban J connectivity index is 1.49. The van der Waals surface area contributed by atoms with Crippen LogP contribution < -0.4 is 5.32 Å². The first-order valence-corrected chi connectivity index (χ1v) is 9.69. The van der Waals surface area contributed by atoms with Crippen molar-refractivity contribution in [1.29, 1.82) is 0 Å². The van der Waals surface area contributed by atoms with Gasteiger partial charge in [-0.3, -0.25) is 4.90 Å². The third-order valence-electron chi connectivity index (χ3n) is 5.27. The number of sulfonamides is 1. The van der Waals surface area contributed by atoms with E-state index in [9.17, 15) is 8.42 Å². The van der Waals surface area contributed by atoms with E-state index in [1.165, 1.54) is 32.4 Å². The summed E-state index contributed by atoms with van der Waals surface area (Å²) in [6, 6.07) is 1.88. The molecule has 0 spiro atoms. The molecule has 3 aliphatic rings. The second-order valence-electron chi connectivity index (χ2n) is 6.38. The molecule has 3 aliphatic heterocycles. The van der Waals surface area contributed by atoms with Crippen LogP contribution in [0.25, 0.3) is 0 Å². The van der Waals surface area contributed by atoms with Gasteiger partial charge in [0.05, 0.1) is 5.75 Å². The highest BCUT2D eigenvalue weighted by atomic mass is 32.2. The molecule has 1 N–H and O–H groups in total. The van der Waals surface area contributed by atoms with Crippen molar-refractivity contribution in [3.05, 3.63) is 0 Å². The smallest absolute Gasteiger partial charge is 0.213 e. The Bertz CT molecular complexity index is 432. The van der Waals surface area contributed by atoms with E-state index in [0.717, 1.165) is 18.9 Å². The highest BCUT2D eigenvalue weighted by Crippen LogP contribution is 2.29. The van der Waals surface area contributed by atoms with E-state index in [1.807, 2.05) is 0 Å². The van der Waals surface area contributed by atoms with Crippen LogP contribution in [0.5, 0.6) is 0 Å². The Morgan fingerprint density at radius 1 is 1.05 bits per heavy atom. The summed E-state index contributed by atoms with van der Waals surface area (Å²) in [4.78, 5) is 2.62. The summed E-state index contributed by atoms with van der Waals surface area (Å²) >= 11 is 0. The first kappa shape index (κ1) is 14.8. The fraction of sp³-hybridized carbons (Fsp3) is 1.00. The van der Waals surface area contributed by atoms with E-state index < -0.39 is 10.0 Å². The minimum atomic E-state index is -2.99.